The summed E-state index contributed by atoms with van der Waals surface area (Å²) in [5.74, 6) is -0.180. The quantitative estimate of drug-likeness (QED) is 0.915. The lowest BCUT2D eigenvalue weighted by Gasteiger charge is -2.51. The Morgan fingerprint density at radius 1 is 1.61 bits per heavy atom. The van der Waals surface area contributed by atoms with Gasteiger partial charge in [0.1, 0.15) is 0 Å². The Balaban J connectivity index is 2.04. The first-order valence-corrected chi connectivity index (χ1v) is 6.27. The molecule has 0 aromatic carbocycles. The molecule has 0 saturated heterocycles. The maximum Gasteiger partial charge on any atom is 0.254 e. The highest BCUT2D eigenvalue weighted by Gasteiger charge is 2.49. The Hall–Kier alpha value is -1.13. The number of carbonyl (C=O) groups is 1. The molecular formula is C13H17ClN2O2. The Kier molecular flexibility index (Phi) is 3.59. The first-order chi connectivity index (χ1) is 8.46. The maximum atomic E-state index is 12.1. The van der Waals surface area contributed by atoms with Crippen LogP contribution in [0.25, 0.3) is 0 Å². The van der Waals surface area contributed by atoms with E-state index >= 15 is 0 Å². The van der Waals surface area contributed by atoms with Gasteiger partial charge in [0.2, 0.25) is 0 Å². The highest BCUT2D eigenvalue weighted by atomic mass is 35.5. The van der Waals surface area contributed by atoms with Crippen molar-refractivity contribution in [3.05, 3.63) is 29.0 Å². The van der Waals surface area contributed by atoms with Gasteiger partial charge in [-0.3, -0.25) is 9.78 Å². The second-order valence-electron chi connectivity index (χ2n) is 5.16. The summed E-state index contributed by atoms with van der Waals surface area (Å²) in [6.45, 7) is 4.17. The third-order valence-corrected chi connectivity index (χ3v) is 4.11. The van der Waals surface area contributed by atoms with E-state index in [1.165, 1.54) is 6.20 Å². The minimum absolute atomic E-state index is 0.0565. The molecule has 0 radical (unpaired) electrons. The molecule has 1 saturated carbocycles. The van der Waals surface area contributed by atoms with Crippen LogP contribution in [0.2, 0.25) is 5.02 Å². The van der Waals surface area contributed by atoms with E-state index in [0.29, 0.717) is 10.6 Å². The van der Waals surface area contributed by atoms with E-state index < -0.39 is 0 Å². The molecule has 1 aliphatic rings. The SMILES string of the molecule is COC1CC(NC(=O)c2cnccc2Cl)C1(C)C. The molecule has 18 heavy (non-hydrogen) atoms. The van der Waals surface area contributed by atoms with E-state index in [2.05, 4.69) is 24.1 Å². The monoisotopic (exact) mass is 268 g/mol. The molecule has 1 aliphatic carbocycles. The van der Waals surface area contributed by atoms with Gasteiger partial charge >= 0.3 is 0 Å². The van der Waals surface area contributed by atoms with Gasteiger partial charge in [0.15, 0.2) is 0 Å². The number of carbonyl (C=O) groups excluding carboxylic acids is 1. The summed E-state index contributed by atoms with van der Waals surface area (Å²) in [5.41, 5.74) is 0.356. The van der Waals surface area contributed by atoms with Gasteiger partial charge in [-0.25, -0.2) is 0 Å². The number of pyridine rings is 1. The molecule has 98 valence electrons. The zero-order chi connectivity index (χ0) is 13.3. The molecule has 0 bridgehead atoms. The van der Waals surface area contributed by atoms with Crippen LogP contribution in [0.4, 0.5) is 0 Å². The predicted molar refractivity (Wildman–Crippen MR) is 69.7 cm³/mol. The van der Waals surface area contributed by atoms with Crippen molar-refractivity contribution in [3.63, 3.8) is 0 Å². The summed E-state index contributed by atoms with van der Waals surface area (Å²) in [6.07, 6.45) is 4.06. The summed E-state index contributed by atoms with van der Waals surface area (Å²) >= 11 is 5.97. The normalized spacial score (nSPS) is 25.3. The van der Waals surface area contributed by atoms with E-state index in [1.807, 2.05) is 0 Å². The number of halogens is 1. The lowest BCUT2D eigenvalue weighted by atomic mass is 9.64. The molecule has 1 aromatic rings. The Labute approximate surface area is 112 Å². The van der Waals surface area contributed by atoms with Crippen molar-refractivity contribution in [1.82, 2.24) is 10.3 Å². The number of amides is 1. The Bertz CT molecular complexity index is 462. The molecule has 2 rings (SSSR count). The van der Waals surface area contributed by atoms with Crippen molar-refractivity contribution in [2.45, 2.75) is 32.4 Å². The molecule has 4 nitrogen and oxygen atoms in total. The smallest absolute Gasteiger partial charge is 0.254 e. The van der Waals surface area contributed by atoms with E-state index in [9.17, 15) is 4.79 Å². The molecule has 1 amide bonds. The number of methoxy groups -OCH3 is 1. The summed E-state index contributed by atoms with van der Waals surface area (Å²) in [5, 5.41) is 3.40. The molecule has 2 atom stereocenters. The summed E-state index contributed by atoms with van der Waals surface area (Å²) in [6, 6.07) is 1.71. The van der Waals surface area contributed by atoms with Gasteiger partial charge in [0.25, 0.3) is 5.91 Å². The van der Waals surface area contributed by atoms with Crippen LogP contribution in [-0.4, -0.2) is 30.1 Å². The van der Waals surface area contributed by atoms with Crippen molar-refractivity contribution >= 4 is 17.5 Å². The molecule has 1 aromatic heterocycles. The molecule has 2 unspecified atom stereocenters. The van der Waals surface area contributed by atoms with Gasteiger partial charge in [0.05, 0.1) is 16.7 Å². The highest BCUT2D eigenvalue weighted by Crippen LogP contribution is 2.42. The van der Waals surface area contributed by atoms with E-state index in [1.54, 1.807) is 19.4 Å². The summed E-state index contributed by atoms with van der Waals surface area (Å²) in [4.78, 5) is 16.0. The van der Waals surface area contributed by atoms with Crippen molar-refractivity contribution in [2.75, 3.05) is 7.11 Å². The second kappa shape index (κ2) is 4.86. The van der Waals surface area contributed by atoms with Crippen LogP contribution in [0.1, 0.15) is 30.6 Å². The van der Waals surface area contributed by atoms with Crippen molar-refractivity contribution in [2.24, 2.45) is 5.41 Å². The largest absolute Gasteiger partial charge is 0.381 e. The van der Waals surface area contributed by atoms with Gasteiger partial charge in [-0.1, -0.05) is 25.4 Å². The minimum Gasteiger partial charge on any atom is -0.381 e. The lowest BCUT2D eigenvalue weighted by molar-refractivity contribution is -0.0942. The van der Waals surface area contributed by atoms with Gasteiger partial charge in [-0.15, -0.1) is 0 Å². The number of hydrogen-bond donors (Lipinski definition) is 1. The summed E-state index contributed by atoms with van der Waals surface area (Å²) < 4.78 is 5.35. The van der Waals surface area contributed by atoms with Crippen molar-refractivity contribution < 1.29 is 9.53 Å². The minimum atomic E-state index is -0.180. The van der Waals surface area contributed by atoms with Gasteiger partial charge in [-0.2, -0.15) is 0 Å². The van der Waals surface area contributed by atoms with Gasteiger partial charge < -0.3 is 10.1 Å². The van der Waals surface area contributed by atoms with Crippen LogP contribution in [0, 0.1) is 5.41 Å². The second-order valence-corrected chi connectivity index (χ2v) is 5.57. The number of nitrogens with zero attached hydrogens (tertiary/aromatic N) is 1. The number of hydrogen-bond acceptors (Lipinski definition) is 3. The molecule has 1 heterocycles. The average molecular weight is 269 g/mol. The van der Waals surface area contributed by atoms with Gasteiger partial charge in [0, 0.05) is 31.0 Å². The predicted octanol–water partition coefficient (Wildman–Crippen LogP) is 2.28. The fraction of sp³-hybridized carbons (Fsp3) is 0.538. The van der Waals surface area contributed by atoms with Crippen LogP contribution in [-0.2, 0) is 4.74 Å². The van der Waals surface area contributed by atoms with E-state index in [0.717, 1.165) is 6.42 Å². The third-order valence-electron chi connectivity index (χ3n) is 3.78. The van der Waals surface area contributed by atoms with E-state index in [4.69, 9.17) is 16.3 Å². The first-order valence-electron chi connectivity index (χ1n) is 5.90. The fourth-order valence-electron chi connectivity index (χ4n) is 2.31. The summed E-state index contributed by atoms with van der Waals surface area (Å²) in [7, 11) is 1.70. The standard InChI is InChI=1S/C13H17ClN2O2/c1-13(2)10(6-11(13)18-3)16-12(17)8-7-15-5-4-9(8)14/h4-5,7,10-11H,6H2,1-3H3,(H,16,17). The van der Waals surface area contributed by atoms with Crippen LogP contribution in [0.15, 0.2) is 18.5 Å². The fourth-order valence-corrected chi connectivity index (χ4v) is 2.50. The molecule has 1 fully saturated rings. The van der Waals surface area contributed by atoms with E-state index in [-0.39, 0.29) is 23.5 Å². The molecule has 5 heteroatoms. The van der Waals surface area contributed by atoms with Crippen molar-refractivity contribution in [1.29, 1.82) is 0 Å². The zero-order valence-corrected chi connectivity index (χ0v) is 11.5. The Morgan fingerprint density at radius 2 is 2.33 bits per heavy atom. The maximum absolute atomic E-state index is 12.1. The Morgan fingerprint density at radius 3 is 2.89 bits per heavy atom. The van der Waals surface area contributed by atoms with Crippen LogP contribution < -0.4 is 5.32 Å². The van der Waals surface area contributed by atoms with Gasteiger partial charge in [-0.05, 0) is 12.5 Å². The lowest BCUT2D eigenvalue weighted by Crippen LogP contribution is -2.61. The highest BCUT2D eigenvalue weighted by molar-refractivity contribution is 6.33. The van der Waals surface area contributed by atoms with Crippen molar-refractivity contribution in [3.8, 4) is 0 Å². The third kappa shape index (κ3) is 2.22. The molecular weight excluding hydrogens is 252 g/mol. The molecule has 0 spiro atoms. The number of rotatable bonds is 3. The van der Waals surface area contributed by atoms with Crippen LogP contribution in [0.3, 0.4) is 0 Å². The average Bonchev–Trinajstić information content (AvgIpc) is 2.34. The number of ether oxygens (including phenoxy) is 1. The van der Waals surface area contributed by atoms with Crippen LogP contribution >= 0.6 is 11.6 Å². The van der Waals surface area contributed by atoms with Crippen LogP contribution in [0.5, 0.6) is 0 Å². The topological polar surface area (TPSA) is 51.2 Å². The number of nitrogens with one attached hydrogen (secondary N) is 1. The molecule has 0 aliphatic heterocycles. The molecule has 1 N–H and O–H groups in total. The first kappa shape index (κ1) is 13.3. The number of aromatic nitrogens is 1. The zero-order valence-electron chi connectivity index (χ0n) is 10.7.